The van der Waals surface area contributed by atoms with E-state index in [1.807, 2.05) is 25.7 Å². The summed E-state index contributed by atoms with van der Waals surface area (Å²) in [5.41, 5.74) is 5.37. The monoisotopic (exact) mass is 212 g/mol. The van der Waals surface area contributed by atoms with E-state index >= 15 is 0 Å². The molecule has 3 nitrogen and oxygen atoms in total. The number of carbonyl (C=O) groups excluding carboxylic acids is 1. The molecule has 0 aromatic heterocycles. The topological polar surface area (TPSA) is 46.3 Å². The number of carbonyl (C=O) groups is 1. The van der Waals surface area contributed by atoms with Crippen molar-refractivity contribution >= 4 is 5.91 Å². The molecule has 0 radical (unpaired) electrons. The van der Waals surface area contributed by atoms with Gasteiger partial charge in [0.25, 0.3) is 0 Å². The highest BCUT2D eigenvalue weighted by molar-refractivity contribution is 5.83. The van der Waals surface area contributed by atoms with Gasteiger partial charge in [0.2, 0.25) is 5.91 Å². The Morgan fingerprint density at radius 3 is 2.20 bits per heavy atom. The Labute approximate surface area is 93.3 Å². The zero-order chi connectivity index (χ0) is 11.9. The molecule has 0 aromatic rings. The van der Waals surface area contributed by atoms with Crippen molar-refractivity contribution in [1.82, 2.24) is 4.90 Å². The average Bonchev–Trinajstić information content (AvgIpc) is 2.28. The highest BCUT2D eigenvalue weighted by Crippen LogP contribution is 2.27. The van der Waals surface area contributed by atoms with Crippen LogP contribution in [0.3, 0.4) is 0 Å². The van der Waals surface area contributed by atoms with Crippen LogP contribution in [0, 0.1) is 5.41 Å². The van der Waals surface area contributed by atoms with E-state index in [1.165, 1.54) is 0 Å². The third-order valence-electron chi connectivity index (χ3n) is 3.22. The summed E-state index contributed by atoms with van der Waals surface area (Å²) >= 11 is 0. The van der Waals surface area contributed by atoms with Crippen LogP contribution < -0.4 is 5.73 Å². The molecule has 0 aromatic carbocycles. The van der Waals surface area contributed by atoms with Crippen molar-refractivity contribution in [2.24, 2.45) is 11.1 Å². The molecule has 0 bridgehead atoms. The van der Waals surface area contributed by atoms with Gasteiger partial charge in [-0.3, -0.25) is 4.79 Å². The molecule has 0 fully saturated rings. The molecule has 0 atom stereocenters. The number of rotatable bonds is 7. The first kappa shape index (κ1) is 14.2. The SMILES string of the molecule is C=CCN(CC)C(=O)C(CC)(CC)CN. The number of nitrogens with two attached hydrogens (primary N) is 1. The van der Waals surface area contributed by atoms with E-state index in [9.17, 15) is 4.79 Å². The Kier molecular flexibility index (Phi) is 6.25. The van der Waals surface area contributed by atoms with E-state index in [1.54, 1.807) is 6.08 Å². The van der Waals surface area contributed by atoms with Crippen LogP contribution in [0.4, 0.5) is 0 Å². The van der Waals surface area contributed by atoms with E-state index in [2.05, 4.69) is 6.58 Å². The van der Waals surface area contributed by atoms with Crippen LogP contribution in [0.1, 0.15) is 33.6 Å². The molecule has 88 valence electrons. The quantitative estimate of drug-likeness (QED) is 0.654. The van der Waals surface area contributed by atoms with Crippen molar-refractivity contribution < 1.29 is 4.79 Å². The number of hydrogen-bond acceptors (Lipinski definition) is 2. The number of nitrogens with zero attached hydrogens (tertiary/aromatic N) is 1. The Morgan fingerprint density at radius 1 is 1.40 bits per heavy atom. The van der Waals surface area contributed by atoms with Gasteiger partial charge in [-0.2, -0.15) is 0 Å². The fraction of sp³-hybridized carbons (Fsp3) is 0.750. The molecule has 0 aliphatic heterocycles. The second-order valence-electron chi connectivity index (χ2n) is 3.82. The maximum Gasteiger partial charge on any atom is 0.230 e. The normalized spacial score (nSPS) is 11.2. The predicted octanol–water partition coefficient (Wildman–Crippen LogP) is 1.79. The molecule has 0 saturated carbocycles. The van der Waals surface area contributed by atoms with Crippen LogP contribution >= 0.6 is 0 Å². The molecule has 0 unspecified atom stereocenters. The summed E-state index contributed by atoms with van der Waals surface area (Å²) < 4.78 is 0. The highest BCUT2D eigenvalue weighted by Gasteiger charge is 2.35. The molecule has 3 heteroatoms. The van der Waals surface area contributed by atoms with E-state index < -0.39 is 0 Å². The molecular formula is C12H24N2O. The Hall–Kier alpha value is -0.830. The zero-order valence-corrected chi connectivity index (χ0v) is 10.3. The van der Waals surface area contributed by atoms with Crippen molar-refractivity contribution in [3.8, 4) is 0 Å². The first-order valence-corrected chi connectivity index (χ1v) is 5.72. The van der Waals surface area contributed by atoms with Gasteiger partial charge in [-0.1, -0.05) is 19.9 Å². The molecule has 15 heavy (non-hydrogen) atoms. The zero-order valence-electron chi connectivity index (χ0n) is 10.3. The van der Waals surface area contributed by atoms with E-state index in [0.717, 1.165) is 12.8 Å². The lowest BCUT2D eigenvalue weighted by Gasteiger charge is -2.34. The summed E-state index contributed by atoms with van der Waals surface area (Å²) in [7, 11) is 0. The van der Waals surface area contributed by atoms with Gasteiger partial charge in [0.1, 0.15) is 0 Å². The van der Waals surface area contributed by atoms with Gasteiger partial charge in [0, 0.05) is 19.6 Å². The first-order valence-electron chi connectivity index (χ1n) is 5.72. The van der Waals surface area contributed by atoms with Gasteiger partial charge in [0.05, 0.1) is 5.41 Å². The van der Waals surface area contributed by atoms with Gasteiger partial charge in [0.15, 0.2) is 0 Å². The van der Waals surface area contributed by atoms with E-state index in [4.69, 9.17) is 5.73 Å². The van der Waals surface area contributed by atoms with Crippen LogP contribution in [-0.2, 0) is 4.79 Å². The van der Waals surface area contributed by atoms with Gasteiger partial charge < -0.3 is 10.6 Å². The third kappa shape index (κ3) is 3.06. The lowest BCUT2D eigenvalue weighted by molar-refractivity contribution is -0.141. The molecular weight excluding hydrogens is 188 g/mol. The summed E-state index contributed by atoms with van der Waals surface area (Å²) in [6.45, 7) is 11.4. The Balaban J connectivity index is 4.81. The van der Waals surface area contributed by atoms with Gasteiger partial charge in [-0.05, 0) is 19.8 Å². The Morgan fingerprint density at radius 2 is 1.93 bits per heavy atom. The summed E-state index contributed by atoms with van der Waals surface area (Å²) in [6.07, 6.45) is 3.35. The van der Waals surface area contributed by atoms with Crippen molar-refractivity contribution in [1.29, 1.82) is 0 Å². The maximum absolute atomic E-state index is 12.3. The first-order chi connectivity index (χ1) is 7.11. The fourth-order valence-electron chi connectivity index (χ4n) is 1.78. The number of amides is 1. The van der Waals surface area contributed by atoms with Gasteiger partial charge in [-0.25, -0.2) is 0 Å². The number of likely N-dealkylation sites (N-methyl/N-ethyl adjacent to an activating group) is 1. The van der Waals surface area contributed by atoms with E-state index in [-0.39, 0.29) is 11.3 Å². The minimum atomic E-state index is -0.376. The molecule has 0 spiro atoms. The van der Waals surface area contributed by atoms with Crippen LogP contribution in [0.5, 0.6) is 0 Å². The molecule has 0 aliphatic rings. The van der Waals surface area contributed by atoms with Crippen molar-refractivity contribution in [3.05, 3.63) is 12.7 Å². The van der Waals surface area contributed by atoms with Crippen LogP contribution in [-0.4, -0.2) is 30.4 Å². The fourth-order valence-corrected chi connectivity index (χ4v) is 1.78. The highest BCUT2D eigenvalue weighted by atomic mass is 16.2. The molecule has 0 aliphatic carbocycles. The lowest BCUT2D eigenvalue weighted by Crippen LogP contribution is -2.47. The summed E-state index contributed by atoms with van der Waals surface area (Å²) in [5, 5.41) is 0. The van der Waals surface area contributed by atoms with Crippen LogP contribution in [0.15, 0.2) is 12.7 Å². The standard InChI is InChI=1S/C12H24N2O/c1-5-9-14(8-4)11(15)12(6-2,7-3)10-13/h5H,1,6-10,13H2,2-4H3. The average molecular weight is 212 g/mol. The number of hydrogen-bond donors (Lipinski definition) is 1. The molecule has 2 N–H and O–H groups in total. The van der Waals surface area contributed by atoms with E-state index in [0.29, 0.717) is 19.6 Å². The minimum absolute atomic E-state index is 0.164. The second-order valence-corrected chi connectivity index (χ2v) is 3.82. The summed E-state index contributed by atoms with van der Waals surface area (Å²) in [4.78, 5) is 14.1. The maximum atomic E-state index is 12.3. The van der Waals surface area contributed by atoms with Gasteiger partial charge in [-0.15, -0.1) is 6.58 Å². The lowest BCUT2D eigenvalue weighted by atomic mass is 9.81. The minimum Gasteiger partial charge on any atom is -0.339 e. The largest absolute Gasteiger partial charge is 0.339 e. The van der Waals surface area contributed by atoms with Crippen molar-refractivity contribution in [2.45, 2.75) is 33.6 Å². The molecule has 1 amide bonds. The summed E-state index contributed by atoms with van der Waals surface area (Å²) in [6, 6.07) is 0. The third-order valence-corrected chi connectivity index (χ3v) is 3.22. The second kappa shape index (κ2) is 6.62. The Bertz CT molecular complexity index is 201. The molecule has 0 rings (SSSR count). The van der Waals surface area contributed by atoms with Crippen LogP contribution in [0.25, 0.3) is 0 Å². The molecule has 0 saturated heterocycles. The predicted molar refractivity (Wildman–Crippen MR) is 64.5 cm³/mol. The van der Waals surface area contributed by atoms with Crippen LogP contribution in [0.2, 0.25) is 0 Å². The van der Waals surface area contributed by atoms with Crippen molar-refractivity contribution in [2.75, 3.05) is 19.6 Å². The summed E-state index contributed by atoms with van der Waals surface area (Å²) in [5.74, 6) is 0.164. The molecule has 0 heterocycles. The van der Waals surface area contributed by atoms with Crippen molar-refractivity contribution in [3.63, 3.8) is 0 Å². The smallest absolute Gasteiger partial charge is 0.230 e. The van der Waals surface area contributed by atoms with Gasteiger partial charge >= 0.3 is 0 Å².